The first-order valence-electron chi connectivity index (χ1n) is 4.55. The smallest absolute Gasteiger partial charge is 0.0999 e. The molecule has 0 heterocycles. The van der Waals surface area contributed by atoms with E-state index in [0.29, 0.717) is 18.9 Å². The molecule has 0 saturated heterocycles. The quantitative estimate of drug-likeness (QED) is 0.631. The van der Waals surface area contributed by atoms with Crippen LogP contribution in [-0.2, 0) is 0 Å². The van der Waals surface area contributed by atoms with E-state index in [1.54, 1.807) is 0 Å². The van der Waals surface area contributed by atoms with Crippen LogP contribution in [0, 0.1) is 0 Å². The molecule has 2 atom stereocenters. The van der Waals surface area contributed by atoms with Gasteiger partial charge in [0.05, 0.1) is 6.17 Å². The summed E-state index contributed by atoms with van der Waals surface area (Å²) in [6.07, 6.45) is 2.81. The van der Waals surface area contributed by atoms with E-state index >= 15 is 0 Å². The van der Waals surface area contributed by atoms with Crippen molar-refractivity contribution < 1.29 is 4.39 Å². The molecule has 0 spiro atoms. The summed E-state index contributed by atoms with van der Waals surface area (Å²) in [6.45, 7) is 4.02. The van der Waals surface area contributed by atoms with Gasteiger partial charge in [-0.3, -0.25) is 0 Å². The lowest BCUT2D eigenvalue weighted by Crippen LogP contribution is -2.24. The predicted octanol–water partition coefficient (Wildman–Crippen LogP) is 2.51. The highest BCUT2D eigenvalue weighted by atomic mass is 19.1. The van der Waals surface area contributed by atoms with Crippen molar-refractivity contribution in [1.29, 1.82) is 0 Å². The molecule has 0 aromatic carbocycles. The minimum Gasteiger partial charge on any atom is -0.317 e. The number of alkyl halides is 1. The van der Waals surface area contributed by atoms with Gasteiger partial charge in [-0.15, -0.1) is 0 Å². The summed E-state index contributed by atoms with van der Waals surface area (Å²) >= 11 is 0. The van der Waals surface area contributed by atoms with Crippen molar-refractivity contribution in [3.05, 3.63) is 0 Å². The maximum Gasteiger partial charge on any atom is 0.0999 e. The zero-order valence-electron chi connectivity index (χ0n) is 7.86. The molecule has 0 rings (SSSR count). The van der Waals surface area contributed by atoms with Crippen LogP contribution in [-0.4, -0.2) is 19.3 Å². The molecule has 1 N–H and O–H groups in total. The topological polar surface area (TPSA) is 12.0 Å². The Morgan fingerprint density at radius 3 is 2.18 bits per heavy atom. The fourth-order valence-electron chi connectivity index (χ4n) is 1.14. The van der Waals surface area contributed by atoms with Gasteiger partial charge in [-0.2, -0.15) is 0 Å². The molecule has 2 heteroatoms. The normalized spacial score (nSPS) is 16.4. The highest BCUT2D eigenvalue weighted by Gasteiger charge is 2.07. The van der Waals surface area contributed by atoms with Gasteiger partial charge in [-0.1, -0.05) is 13.8 Å². The average molecular weight is 161 g/mol. The third-order valence-electron chi connectivity index (χ3n) is 2.17. The lowest BCUT2D eigenvalue weighted by molar-refractivity contribution is 0.285. The average Bonchev–Trinajstić information content (AvgIpc) is 2.06. The molecule has 0 fully saturated rings. The second-order valence-electron chi connectivity index (χ2n) is 2.98. The van der Waals surface area contributed by atoms with Crippen molar-refractivity contribution in [3.8, 4) is 0 Å². The molecular formula is C9H20FN. The van der Waals surface area contributed by atoms with Crippen molar-refractivity contribution >= 4 is 0 Å². The van der Waals surface area contributed by atoms with E-state index < -0.39 is 6.17 Å². The third kappa shape index (κ3) is 5.19. The Bertz CT molecular complexity index is 81.6. The molecule has 0 aromatic heterocycles. The highest BCUT2D eigenvalue weighted by Crippen LogP contribution is 2.09. The van der Waals surface area contributed by atoms with Crippen molar-refractivity contribution in [2.24, 2.45) is 0 Å². The summed E-state index contributed by atoms with van der Waals surface area (Å²) in [5.41, 5.74) is 0. The van der Waals surface area contributed by atoms with Gasteiger partial charge in [0.2, 0.25) is 0 Å². The van der Waals surface area contributed by atoms with Crippen LogP contribution >= 0.6 is 0 Å². The Morgan fingerprint density at radius 1 is 1.18 bits per heavy atom. The van der Waals surface area contributed by atoms with Crippen LogP contribution in [0.2, 0.25) is 0 Å². The first-order chi connectivity index (χ1) is 5.24. The van der Waals surface area contributed by atoms with Crippen LogP contribution < -0.4 is 5.32 Å². The second kappa shape index (κ2) is 6.59. The van der Waals surface area contributed by atoms with Gasteiger partial charge in [0.15, 0.2) is 0 Å². The largest absolute Gasteiger partial charge is 0.317 e. The molecule has 0 aliphatic heterocycles. The summed E-state index contributed by atoms with van der Waals surface area (Å²) in [6, 6.07) is 0.500. The highest BCUT2D eigenvalue weighted by molar-refractivity contribution is 4.64. The monoisotopic (exact) mass is 161 g/mol. The molecule has 0 aromatic rings. The zero-order chi connectivity index (χ0) is 8.69. The number of hydrogen-bond acceptors (Lipinski definition) is 1. The second-order valence-corrected chi connectivity index (χ2v) is 2.98. The molecule has 0 aliphatic carbocycles. The van der Waals surface area contributed by atoms with Gasteiger partial charge in [0.1, 0.15) is 0 Å². The van der Waals surface area contributed by atoms with E-state index in [0.717, 1.165) is 12.8 Å². The van der Waals surface area contributed by atoms with Gasteiger partial charge in [-0.05, 0) is 32.7 Å². The maximum atomic E-state index is 12.7. The van der Waals surface area contributed by atoms with Crippen molar-refractivity contribution in [3.63, 3.8) is 0 Å². The van der Waals surface area contributed by atoms with Gasteiger partial charge in [0, 0.05) is 6.04 Å². The van der Waals surface area contributed by atoms with Gasteiger partial charge >= 0.3 is 0 Å². The molecule has 0 aliphatic rings. The Morgan fingerprint density at radius 2 is 1.82 bits per heavy atom. The van der Waals surface area contributed by atoms with Gasteiger partial charge in [-0.25, -0.2) is 4.39 Å². The number of rotatable bonds is 6. The number of nitrogens with one attached hydrogen (secondary N) is 1. The fourth-order valence-corrected chi connectivity index (χ4v) is 1.14. The first kappa shape index (κ1) is 10.9. The van der Waals surface area contributed by atoms with Crippen LogP contribution in [0.5, 0.6) is 0 Å². The summed E-state index contributed by atoms with van der Waals surface area (Å²) in [5, 5.41) is 3.16. The summed E-state index contributed by atoms with van der Waals surface area (Å²) in [7, 11) is 1.94. The maximum absolute atomic E-state index is 12.7. The molecule has 11 heavy (non-hydrogen) atoms. The van der Waals surface area contributed by atoms with Crippen LogP contribution in [0.3, 0.4) is 0 Å². The lowest BCUT2D eigenvalue weighted by Gasteiger charge is -2.14. The first-order valence-corrected chi connectivity index (χ1v) is 4.55. The minimum atomic E-state index is -0.600. The molecular weight excluding hydrogens is 141 g/mol. The Hall–Kier alpha value is -0.110. The third-order valence-corrected chi connectivity index (χ3v) is 2.17. The molecule has 0 amide bonds. The molecule has 0 bridgehead atoms. The molecule has 0 saturated carbocycles. The van der Waals surface area contributed by atoms with Crippen LogP contribution in [0.25, 0.3) is 0 Å². The van der Waals surface area contributed by atoms with Gasteiger partial charge in [0.25, 0.3) is 0 Å². The van der Waals surface area contributed by atoms with Crippen LogP contribution in [0.1, 0.15) is 39.5 Å². The molecule has 68 valence electrons. The van der Waals surface area contributed by atoms with Crippen LogP contribution in [0.15, 0.2) is 0 Å². The van der Waals surface area contributed by atoms with E-state index in [1.807, 2.05) is 14.0 Å². The van der Waals surface area contributed by atoms with E-state index in [2.05, 4.69) is 12.2 Å². The standard InChI is InChI=1S/C9H20FN/c1-4-8(10)6-7-9(5-2)11-3/h8-9,11H,4-7H2,1-3H3. The van der Waals surface area contributed by atoms with Crippen LogP contribution in [0.4, 0.5) is 4.39 Å². The zero-order valence-corrected chi connectivity index (χ0v) is 7.86. The van der Waals surface area contributed by atoms with Crippen molar-refractivity contribution in [1.82, 2.24) is 5.32 Å². The lowest BCUT2D eigenvalue weighted by atomic mass is 10.1. The number of hydrogen-bond donors (Lipinski definition) is 1. The molecule has 1 nitrogen and oxygen atoms in total. The van der Waals surface area contributed by atoms with E-state index in [9.17, 15) is 4.39 Å². The fraction of sp³-hybridized carbons (Fsp3) is 1.00. The summed E-state index contributed by atoms with van der Waals surface area (Å²) in [5.74, 6) is 0. The van der Waals surface area contributed by atoms with E-state index in [1.165, 1.54) is 0 Å². The Balaban J connectivity index is 3.34. The van der Waals surface area contributed by atoms with Crippen molar-refractivity contribution in [2.45, 2.75) is 51.7 Å². The van der Waals surface area contributed by atoms with E-state index in [4.69, 9.17) is 0 Å². The van der Waals surface area contributed by atoms with Crippen molar-refractivity contribution in [2.75, 3.05) is 7.05 Å². The Labute approximate surface area is 69.4 Å². The predicted molar refractivity (Wildman–Crippen MR) is 47.6 cm³/mol. The molecule has 2 unspecified atom stereocenters. The SMILES string of the molecule is CCC(F)CCC(CC)NC. The number of halogens is 1. The van der Waals surface area contributed by atoms with Gasteiger partial charge < -0.3 is 5.32 Å². The van der Waals surface area contributed by atoms with E-state index in [-0.39, 0.29) is 0 Å². The Kier molecular flexibility index (Phi) is 6.52. The summed E-state index contributed by atoms with van der Waals surface area (Å²) < 4.78 is 12.7. The molecule has 0 radical (unpaired) electrons. The minimum absolute atomic E-state index is 0.500. The summed E-state index contributed by atoms with van der Waals surface area (Å²) in [4.78, 5) is 0.